The van der Waals surface area contributed by atoms with Crippen molar-refractivity contribution < 1.29 is 14.7 Å². The summed E-state index contributed by atoms with van der Waals surface area (Å²) in [6.45, 7) is 3.65. The smallest absolute Gasteiger partial charge is 0.315 e. The Kier molecular flexibility index (Phi) is 4.69. The Morgan fingerprint density at radius 3 is 2.65 bits per heavy atom. The number of amides is 1. The van der Waals surface area contributed by atoms with Crippen molar-refractivity contribution in [2.75, 3.05) is 0 Å². The summed E-state index contributed by atoms with van der Waals surface area (Å²) in [5.74, 6) is -2.61. The van der Waals surface area contributed by atoms with Crippen LogP contribution in [0.3, 0.4) is 0 Å². The third-order valence-corrected chi connectivity index (χ3v) is 3.01. The Bertz CT molecular complexity index is 445. The van der Waals surface area contributed by atoms with E-state index >= 15 is 0 Å². The van der Waals surface area contributed by atoms with E-state index in [0.717, 1.165) is 15.6 Å². The van der Waals surface area contributed by atoms with Gasteiger partial charge in [0, 0.05) is 11.0 Å². The summed E-state index contributed by atoms with van der Waals surface area (Å²) in [5, 5.41) is 11.3. The van der Waals surface area contributed by atoms with Crippen LogP contribution < -0.4 is 5.32 Å². The molecule has 0 saturated heterocycles. The maximum absolute atomic E-state index is 11.4. The number of carbonyl (C=O) groups is 2. The molecule has 0 aliphatic carbocycles. The minimum Gasteiger partial charge on any atom is -0.481 e. The number of hydrogen-bond acceptors (Lipinski definition) is 2. The first kappa shape index (κ1) is 13.7. The number of halogens is 1. The van der Waals surface area contributed by atoms with Crippen LogP contribution in [0.2, 0.25) is 0 Å². The summed E-state index contributed by atoms with van der Waals surface area (Å²) >= 11 is 3.35. The second-order valence-corrected chi connectivity index (χ2v) is 4.76. The highest BCUT2D eigenvalue weighted by Crippen LogP contribution is 2.15. The third-order valence-electron chi connectivity index (χ3n) is 2.52. The number of aliphatic carboxylic acids is 1. The highest BCUT2D eigenvalue weighted by molar-refractivity contribution is 9.10. The van der Waals surface area contributed by atoms with E-state index in [4.69, 9.17) is 5.11 Å². The van der Waals surface area contributed by atoms with Crippen LogP contribution in [0, 0.1) is 12.8 Å². The van der Waals surface area contributed by atoms with E-state index in [-0.39, 0.29) is 0 Å². The fourth-order valence-electron chi connectivity index (χ4n) is 1.31. The summed E-state index contributed by atoms with van der Waals surface area (Å²) < 4.78 is 0.976. The number of benzene rings is 1. The summed E-state index contributed by atoms with van der Waals surface area (Å²) in [5.41, 5.74) is 2.02. The average molecular weight is 300 g/mol. The number of carboxylic acid groups (broad SMARTS) is 1. The number of nitrogens with one attached hydrogen (secondary N) is 1. The molecular formula is C12H14BrNO3. The molecule has 0 bridgehead atoms. The molecule has 0 heterocycles. The van der Waals surface area contributed by atoms with E-state index in [1.165, 1.54) is 6.92 Å². The average Bonchev–Trinajstić information content (AvgIpc) is 2.26. The molecule has 1 atom stereocenters. The predicted molar refractivity (Wildman–Crippen MR) is 67.5 cm³/mol. The molecule has 92 valence electrons. The number of aryl methyl sites for hydroxylation is 1. The van der Waals surface area contributed by atoms with Gasteiger partial charge in [-0.25, -0.2) is 0 Å². The van der Waals surface area contributed by atoms with Gasteiger partial charge >= 0.3 is 5.97 Å². The molecule has 1 aromatic carbocycles. The van der Waals surface area contributed by atoms with E-state index < -0.39 is 17.8 Å². The first-order valence-electron chi connectivity index (χ1n) is 5.17. The molecule has 4 nitrogen and oxygen atoms in total. The molecule has 1 unspecified atom stereocenters. The minimum absolute atomic E-state index is 0.343. The molecule has 0 aliphatic rings. The van der Waals surface area contributed by atoms with Crippen molar-refractivity contribution in [2.45, 2.75) is 20.4 Å². The second kappa shape index (κ2) is 5.82. The summed E-state index contributed by atoms with van der Waals surface area (Å²) in [7, 11) is 0. The Balaban J connectivity index is 2.62. The summed E-state index contributed by atoms with van der Waals surface area (Å²) in [6.07, 6.45) is 0. The van der Waals surface area contributed by atoms with Gasteiger partial charge in [-0.2, -0.15) is 0 Å². The van der Waals surface area contributed by atoms with E-state index in [1.807, 2.05) is 25.1 Å². The van der Waals surface area contributed by atoms with Gasteiger partial charge in [0.05, 0.1) is 0 Å². The van der Waals surface area contributed by atoms with Crippen molar-refractivity contribution in [3.8, 4) is 0 Å². The minimum atomic E-state index is -1.12. The van der Waals surface area contributed by atoms with Crippen LogP contribution in [0.1, 0.15) is 18.1 Å². The van der Waals surface area contributed by atoms with Crippen LogP contribution in [0.4, 0.5) is 0 Å². The van der Waals surface area contributed by atoms with Gasteiger partial charge in [-0.3, -0.25) is 9.59 Å². The van der Waals surface area contributed by atoms with E-state index in [1.54, 1.807) is 0 Å². The molecular weight excluding hydrogens is 286 g/mol. The van der Waals surface area contributed by atoms with Crippen molar-refractivity contribution in [2.24, 2.45) is 5.92 Å². The van der Waals surface area contributed by atoms with E-state index in [0.29, 0.717) is 6.54 Å². The van der Waals surface area contributed by atoms with Gasteiger partial charge in [0.25, 0.3) is 0 Å². The van der Waals surface area contributed by atoms with Gasteiger partial charge in [0.1, 0.15) is 5.92 Å². The predicted octanol–water partition coefficient (Wildman–Crippen LogP) is 2.09. The van der Waals surface area contributed by atoms with Crippen LogP contribution in [-0.4, -0.2) is 17.0 Å². The van der Waals surface area contributed by atoms with Crippen LogP contribution in [-0.2, 0) is 16.1 Å². The Labute approximate surface area is 108 Å². The zero-order chi connectivity index (χ0) is 13.0. The van der Waals surface area contributed by atoms with Crippen molar-refractivity contribution in [1.29, 1.82) is 0 Å². The van der Waals surface area contributed by atoms with Crippen molar-refractivity contribution in [1.82, 2.24) is 5.32 Å². The van der Waals surface area contributed by atoms with Crippen LogP contribution in [0.15, 0.2) is 22.7 Å². The lowest BCUT2D eigenvalue weighted by molar-refractivity contribution is -0.146. The zero-order valence-electron chi connectivity index (χ0n) is 9.66. The molecule has 17 heavy (non-hydrogen) atoms. The molecule has 0 aliphatic heterocycles. The highest BCUT2D eigenvalue weighted by atomic mass is 79.9. The molecule has 0 aromatic heterocycles. The molecule has 1 aromatic rings. The van der Waals surface area contributed by atoms with E-state index in [2.05, 4.69) is 21.2 Å². The van der Waals surface area contributed by atoms with Gasteiger partial charge < -0.3 is 10.4 Å². The summed E-state index contributed by atoms with van der Waals surface area (Å²) in [4.78, 5) is 22.0. The van der Waals surface area contributed by atoms with Crippen molar-refractivity contribution in [3.05, 3.63) is 33.8 Å². The van der Waals surface area contributed by atoms with Gasteiger partial charge in [-0.15, -0.1) is 0 Å². The lowest BCUT2D eigenvalue weighted by Crippen LogP contribution is -2.33. The SMILES string of the molecule is Cc1cc(Br)ccc1CNC(=O)C(C)C(=O)O. The fraction of sp³-hybridized carbons (Fsp3) is 0.333. The zero-order valence-corrected chi connectivity index (χ0v) is 11.2. The number of carboxylic acids is 1. The Morgan fingerprint density at radius 1 is 1.47 bits per heavy atom. The topological polar surface area (TPSA) is 66.4 Å². The Morgan fingerprint density at radius 2 is 2.12 bits per heavy atom. The molecule has 0 saturated carbocycles. The molecule has 1 rings (SSSR count). The standard InChI is InChI=1S/C12H14BrNO3/c1-7-5-10(13)4-3-9(7)6-14-11(15)8(2)12(16)17/h3-5,8H,6H2,1-2H3,(H,14,15)(H,16,17). The summed E-state index contributed by atoms with van der Waals surface area (Å²) in [6, 6.07) is 5.72. The third kappa shape index (κ3) is 3.85. The van der Waals surface area contributed by atoms with Crippen molar-refractivity contribution in [3.63, 3.8) is 0 Å². The monoisotopic (exact) mass is 299 g/mol. The highest BCUT2D eigenvalue weighted by Gasteiger charge is 2.19. The molecule has 0 fully saturated rings. The van der Waals surface area contributed by atoms with E-state index in [9.17, 15) is 9.59 Å². The van der Waals surface area contributed by atoms with Gasteiger partial charge in [-0.05, 0) is 37.1 Å². The maximum Gasteiger partial charge on any atom is 0.315 e. The lowest BCUT2D eigenvalue weighted by atomic mass is 10.1. The van der Waals surface area contributed by atoms with Gasteiger partial charge in [0.15, 0.2) is 0 Å². The first-order chi connectivity index (χ1) is 7.91. The fourth-order valence-corrected chi connectivity index (χ4v) is 1.78. The maximum atomic E-state index is 11.4. The molecule has 1 amide bonds. The number of rotatable bonds is 4. The lowest BCUT2D eigenvalue weighted by Gasteiger charge is -2.10. The normalized spacial score (nSPS) is 11.9. The Hall–Kier alpha value is -1.36. The van der Waals surface area contributed by atoms with Crippen LogP contribution in [0.5, 0.6) is 0 Å². The molecule has 2 N–H and O–H groups in total. The largest absolute Gasteiger partial charge is 0.481 e. The first-order valence-corrected chi connectivity index (χ1v) is 5.96. The van der Waals surface area contributed by atoms with Crippen LogP contribution >= 0.6 is 15.9 Å². The van der Waals surface area contributed by atoms with Crippen molar-refractivity contribution >= 4 is 27.8 Å². The molecule has 0 radical (unpaired) electrons. The van der Waals surface area contributed by atoms with Gasteiger partial charge in [-0.1, -0.05) is 22.0 Å². The quantitative estimate of drug-likeness (QED) is 0.837. The van der Waals surface area contributed by atoms with Crippen LogP contribution in [0.25, 0.3) is 0 Å². The number of hydrogen-bond donors (Lipinski definition) is 2. The number of carbonyl (C=O) groups excluding carboxylic acids is 1. The molecule has 5 heteroatoms. The molecule has 0 spiro atoms. The second-order valence-electron chi connectivity index (χ2n) is 3.85. The van der Waals surface area contributed by atoms with Gasteiger partial charge in [0.2, 0.25) is 5.91 Å².